The summed E-state index contributed by atoms with van der Waals surface area (Å²) in [7, 11) is 6.62. The van der Waals surface area contributed by atoms with E-state index in [1.54, 1.807) is 14.2 Å². The minimum atomic E-state index is -0.650. The molecular weight excluding hydrogens is 576 g/mol. The topological polar surface area (TPSA) is 153 Å². The number of nitriles is 1. The van der Waals surface area contributed by atoms with Gasteiger partial charge in [0.25, 0.3) is 5.91 Å². The summed E-state index contributed by atoms with van der Waals surface area (Å²) < 4.78 is 17.3. The highest BCUT2D eigenvalue weighted by Gasteiger charge is 2.56. The van der Waals surface area contributed by atoms with E-state index in [-0.39, 0.29) is 47.6 Å². The summed E-state index contributed by atoms with van der Waals surface area (Å²) in [5, 5.41) is 37.2. The number of piperazine rings is 1. The van der Waals surface area contributed by atoms with E-state index in [4.69, 9.17) is 14.2 Å². The molecule has 2 aromatic carbocycles. The highest BCUT2D eigenvalue weighted by molar-refractivity contribution is 5.91. The zero-order chi connectivity index (χ0) is 32.3. The number of amides is 1. The maximum Gasteiger partial charge on any atom is 0.271 e. The lowest BCUT2D eigenvalue weighted by atomic mass is 9.70. The molecule has 45 heavy (non-hydrogen) atoms. The number of aromatic nitrogens is 2. The fraction of sp³-hybridized carbons (Fsp3) is 0.455. The summed E-state index contributed by atoms with van der Waals surface area (Å²) in [4.78, 5) is 25.7. The third kappa shape index (κ3) is 4.36. The molecule has 236 valence electrons. The number of likely N-dealkylation sites (N-methyl/N-ethyl adjacent to an activating group) is 1. The lowest BCUT2D eigenvalue weighted by molar-refractivity contribution is -0.0723. The summed E-state index contributed by atoms with van der Waals surface area (Å²) >= 11 is 0. The zero-order valence-corrected chi connectivity index (χ0v) is 26.5. The number of nitrogens with one attached hydrogen (secondary N) is 1. The molecule has 5 atom stereocenters. The maximum atomic E-state index is 13.2. The first-order valence-electron chi connectivity index (χ1n) is 14.9. The van der Waals surface area contributed by atoms with Crippen LogP contribution in [0.4, 0.5) is 0 Å². The summed E-state index contributed by atoms with van der Waals surface area (Å²) in [5.74, 6) is 0.892. The molecule has 6 rings (SSSR count). The monoisotopic (exact) mass is 614 g/mol. The number of nitrogens with zero attached hydrogens (tertiary/aromatic N) is 5. The molecule has 1 aromatic heterocycles. The highest BCUT2D eigenvalue weighted by atomic mass is 16.5. The van der Waals surface area contributed by atoms with Gasteiger partial charge in [-0.25, -0.2) is 4.98 Å². The molecule has 0 aliphatic carbocycles. The summed E-state index contributed by atoms with van der Waals surface area (Å²) in [6.07, 6.45) is 5.26. The summed E-state index contributed by atoms with van der Waals surface area (Å²) in [5.41, 5.74) is 5.80. The predicted octanol–water partition coefficient (Wildman–Crippen LogP) is 3.04. The van der Waals surface area contributed by atoms with E-state index in [1.165, 1.54) is 25.7 Å². The van der Waals surface area contributed by atoms with Crippen LogP contribution in [0.3, 0.4) is 0 Å². The van der Waals surface area contributed by atoms with Gasteiger partial charge in [0.1, 0.15) is 17.5 Å². The number of ether oxygens (including phenoxy) is 3. The number of phenolic OH excluding ortho intramolecular Hbond substituents is 2. The zero-order valence-electron chi connectivity index (χ0n) is 26.5. The van der Waals surface area contributed by atoms with Gasteiger partial charge in [0.2, 0.25) is 0 Å². The molecule has 1 fully saturated rings. The van der Waals surface area contributed by atoms with Gasteiger partial charge in [-0.15, -0.1) is 0 Å². The van der Waals surface area contributed by atoms with E-state index >= 15 is 0 Å². The maximum absolute atomic E-state index is 13.2. The molecule has 12 nitrogen and oxygen atoms in total. The highest BCUT2D eigenvalue weighted by Crippen LogP contribution is 2.57. The first kappa shape index (κ1) is 30.4. The van der Waals surface area contributed by atoms with Gasteiger partial charge in [-0.2, -0.15) is 5.26 Å². The average Bonchev–Trinajstić information content (AvgIpc) is 3.03. The quantitative estimate of drug-likeness (QED) is 0.376. The molecule has 12 heteroatoms. The smallest absolute Gasteiger partial charge is 0.271 e. The second-order valence-electron chi connectivity index (χ2n) is 11.9. The van der Waals surface area contributed by atoms with E-state index in [1.807, 2.05) is 27.8 Å². The Kier molecular flexibility index (Phi) is 7.71. The normalized spacial score (nSPS) is 23.6. The van der Waals surface area contributed by atoms with Crippen LogP contribution in [0.1, 0.15) is 61.5 Å². The van der Waals surface area contributed by atoms with Crippen LogP contribution in [0, 0.1) is 32.1 Å². The Morgan fingerprint density at radius 1 is 0.956 bits per heavy atom. The van der Waals surface area contributed by atoms with Crippen LogP contribution < -0.4 is 19.5 Å². The van der Waals surface area contributed by atoms with Crippen molar-refractivity contribution in [1.82, 2.24) is 25.1 Å². The molecule has 3 N–H and O–H groups in total. The number of hydrogen-bond donors (Lipinski definition) is 3. The molecule has 3 aromatic rings. The number of aromatic hydroxyl groups is 2. The molecule has 1 unspecified atom stereocenters. The van der Waals surface area contributed by atoms with Crippen LogP contribution >= 0.6 is 0 Å². The third-order valence-corrected chi connectivity index (χ3v) is 10.1. The van der Waals surface area contributed by atoms with Crippen LogP contribution in [-0.4, -0.2) is 88.9 Å². The van der Waals surface area contributed by atoms with Crippen molar-refractivity contribution in [3.05, 3.63) is 63.2 Å². The Morgan fingerprint density at radius 3 is 2.22 bits per heavy atom. The first-order chi connectivity index (χ1) is 21.6. The number of phenols is 2. The number of rotatable bonds is 6. The van der Waals surface area contributed by atoms with Crippen LogP contribution in [0.15, 0.2) is 18.6 Å². The van der Waals surface area contributed by atoms with Crippen molar-refractivity contribution in [2.75, 3.05) is 34.9 Å². The number of carbonyl (C=O) groups excluding carboxylic acids is 1. The van der Waals surface area contributed by atoms with Crippen molar-refractivity contribution < 1.29 is 29.2 Å². The minimum Gasteiger partial charge on any atom is -0.504 e. The van der Waals surface area contributed by atoms with Crippen molar-refractivity contribution in [3.63, 3.8) is 0 Å². The number of methoxy groups -OCH3 is 3. The predicted molar refractivity (Wildman–Crippen MR) is 164 cm³/mol. The van der Waals surface area contributed by atoms with E-state index in [0.717, 1.165) is 27.8 Å². The van der Waals surface area contributed by atoms with Crippen molar-refractivity contribution in [3.8, 4) is 34.8 Å². The van der Waals surface area contributed by atoms with Gasteiger partial charge < -0.3 is 29.7 Å². The van der Waals surface area contributed by atoms with Crippen LogP contribution in [0.25, 0.3) is 0 Å². The summed E-state index contributed by atoms with van der Waals surface area (Å²) in [6.45, 7) is 5.85. The van der Waals surface area contributed by atoms with Gasteiger partial charge in [-0.05, 0) is 57.4 Å². The minimum absolute atomic E-state index is 0.0538. The van der Waals surface area contributed by atoms with Crippen molar-refractivity contribution in [2.24, 2.45) is 0 Å². The fourth-order valence-corrected chi connectivity index (χ4v) is 8.04. The Balaban J connectivity index is 1.58. The van der Waals surface area contributed by atoms with Crippen molar-refractivity contribution in [2.45, 2.75) is 63.8 Å². The molecule has 4 heterocycles. The van der Waals surface area contributed by atoms with E-state index in [2.05, 4.69) is 31.2 Å². The number of fused-ring (bicyclic) bond motifs is 7. The fourth-order valence-electron chi connectivity index (χ4n) is 8.04. The molecule has 0 spiro atoms. The second kappa shape index (κ2) is 11.4. The summed E-state index contributed by atoms with van der Waals surface area (Å²) in [6, 6.07) is 0.400. The van der Waals surface area contributed by atoms with E-state index in [0.29, 0.717) is 35.5 Å². The molecule has 0 radical (unpaired) electrons. The van der Waals surface area contributed by atoms with Gasteiger partial charge in [-0.1, -0.05) is 0 Å². The van der Waals surface area contributed by atoms with E-state index in [9.17, 15) is 20.3 Å². The van der Waals surface area contributed by atoms with Gasteiger partial charge in [0.15, 0.2) is 23.0 Å². The molecule has 0 saturated carbocycles. The van der Waals surface area contributed by atoms with Crippen molar-refractivity contribution in [1.29, 1.82) is 5.26 Å². The number of benzene rings is 2. The van der Waals surface area contributed by atoms with Crippen LogP contribution in [-0.2, 0) is 12.8 Å². The standard InChI is InChI=1S/C33H38N6O6/c1-15-16(2)31(44-6)29(41)26-18(15)10-21-23(12-34)39-22(27(26)38(21)4)11-19-25(28(40)32(45-7)17(3)30(19)43-5)24(39)14-37-33(42)20-13-35-8-9-36-20/h8-9,13,21-24,27,40-41H,10-11,14H2,1-7H3,(H,37,42)/t21-,22-,23?,24-,27-/m0/s1. The van der Waals surface area contributed by atoms with Gasteiger partial charge in [-0.3, -0.25) is 19.6 Å². The molecule has 3 aliphatic heterocycles. The average molecular weight is 615 g/mol. The first-order valence-corrected chi connectivity index (χ1v) is 14.9. The Labute approximate surface area is 262 Å². The van der Waals surface area contributed by atoms with Crippen molar-refractivity contribution >= 4 is 5.91 Å². The number of carbonyl (C=O) groups is 1. The van der Waals surface area contributed by atoms with Crippen LogP contribution in [0.2, 0.25) is 0 Å². The van der Waals surface area contributed by atoms with Gasteiger partial charge in [0, 0.05) is 53.3 Å². The molecule has 1 saturated heterocycles. The lowest BCUT2D eigenvalue weighted by Gasteiger charge is -2.60. The third-order valence-electron chi connectivity index (χ3n) is 10.1. The Bertz CT molecular complexity index is 1720. The largest absolute Gasteiger partial charge is 0.504 e. The van der Waals surface area contributed by atoms with Gasteiger partial charge in [0.05, 0.1) is 45.7 Å². The lowest BCUT2D eigenvalue weighted by Crippen LogP contribution is -2.68. The molecular formula is C33H38N6O6. The Hall–Kier alpha value is -4.60. The van der Waals surface area contributed by atoms with E-state index < -0.39 is 18.0 Å². The molecule has 2 bridgehead atoms. The SMILES string of the molecule is COc1c(C)c(C)c2c(c1O)[C@@H]1[C@@H]3Cc4c(OC)c(C)c(OC)c(O)c4[C@H](CNC(=O)c4cnccn4)N3C(C#N)[C@H](C2)N1C. The number of hydrogen-bond acceptors (Lipinski definition) is 11. The van der Waals surface area contributed by atoms with Gasteiger partial charge >= 0.3 is 0 Å². The second-order valence-corrected chi connectivity index (χ2v) is 11.9. The molecule has 3 aliphatic rings. The Morgan fingerprint density at radius 2 is 1.60 bits per heavy atom. The molecule has 1 amide bonds. The van der Waals surface area contributed by atoms with Crippen LogP contribution in [0.5, 0.6) is 28.7 Å².